The molecule has 0 unspecified atom stereocenters. The Kier molecular flexibility index (Phi) is 6.15. The first kappa shape index (κ1) is 19.4. The Labute approximate surface area is 160 Å². The zero-order valence-corrected chi connectivity index (χ0v) is 16.3. The van der Waals surface area contributed by atoms with Crippen LogP contribution in [0.3, 0.4) is 0 Å². The van der Waals surface area contributed by atoms with E-state index in [0.717, 1.165) is 30.4 Å². The lowest BCUT2D eigenvalue weighted by atomic mass is 10.0. The van der Waals surface area contributed by atoms with Crippen LogP contribution in [0.5, 0.6) is 11.5 Å². The molecular formula is C23H27FO3. The minimum Gasteiger partial charge on any atom is -0.488 e. The molecule has 0 saturated heterocycles. The van der Waals surface area contributed by atoms with Crippen LogP contribution in [0.15, 0.2) is 30.3 Å². The van der Waals surface area contributed by atoms with Crippen LogP contribution in [0.4, 0.5) is 4.39 Å². The fourth-order valence-corrected chi connectivity index (χ4v) is 3.29. The van der Waals surface area contributed by atoms with Gasteiger partial charge in [-0.3, -0.25) is 4.79 Å². The van der Waals surface area contributed by atoms with E-state index in [2.05, 4.69) is 6.07 Å². The monoisotopic (exact) mass is 370 g/mol. The highest BCUT2D eigenvalue weighted by atomic mass is 19.1. The summed E-state index contributed by atoms with van der Waals surface area (Å²) < 4.78 is 25.8. The van der Waals surface area contributed by atoms with Crippen LogP contribution < -0.4 is 9.47 Å². The number of benzene rings is 2. The second-order valence-corrected chi connectivity index (χ2v) is 6.97. The Balaban J connectivity index is 1.89. The summed E-state index contributed by atoms with van der Waals surface area (Å²) in [5.74, 6) is 1.10. The summed E-state index contributed by atoms with van der Waals surface area (Å²) in [5, 5.41) is 0. The Hall–Kier alpha value is -2.36. The summed E-state index contributed by atoms with van der Waals surface area (Å²) in [5.41, 5.74) is 3.75. The van der Waals surface area contributed by atoms with Crippen molar-refractivity contribution < 1.29 is 18.7 Å². The second-order valence-electron chi connectivity index (χ2n) is 6.97. The van der Waals surface area contributed by atoms with E-state index < -0.39 is 0 Å². The maximum atomic E-state index is 14.3. The minimum absolute atomic E-state index is 0.238. The smallest absolute Gasteiger partial charge is 0.310 e. The molecule has 1 aliphatic carbocycles. The average molecular weight is 370 g/mol. The van der Waals surface area contributed by atoms with E-state index in [-0.39, 0.29) is 18.4 Å². The first-order valence-electron chi connectivity index (χ1n) is 9.83. The molecule has 0 heterocycles. The number of carbonyl (C=O) groups excluding carboxylic acids is 1. The molecule has 4 heteroatoms. The van der Waals surface area contributed by atoms with E-state index in [9.17, 15) is 9.18 Å². The van der Waals surface area contributed by atoms with E-state index in [1.807, 2.05) is 26.0 Å². The van der Waals surface area contributed by atoms with Crippen molar-refractivity contribution in [3.63, 3.8) is 0 Å². The third-order valence-electron chi connectivity index (χ3n) is 5.06. The predicted molar refractivity (Wildman–Crippen MR) is 104 cm³/mol. The quantitative estimate of drug-likeness (QED) is 0.440. The molecule has 144 valence electrons. The first-order valence-corrected chi connectivity index (χ1v) is 9.83. The van der Waals surface area contributed by atoms with Gasteiger partial charge in [0.1, 0.15) is 23.9 Å². The summed E-state index contributed by atoms with van der Waals surface area (Å²) in [6, 6.07) is 9.16. The van der Waals surface area contributed by atoms with E-state index >= 15 is 0 Å². The van der Waals surface area contributed by atoms with Gasteiger partial charge in [-0.25, -0.2) is 4.39 Å². The maximum absolute atomic E-state index is 14.3. The largest absolute Gasteiger partial charge is 0.488 e. The lowest BCUT2D eigenvalue weighted by Gasteiger charge is -2.17. The topological polar surface area (TPSA) is 35.5 Å². The number of esters is 1. The fourth-order valence-electron chi connectivity index (χ4n) is 3.29. The number of hydrogen-bond donors (Lipinski definition) is 0. The predicted octanol–water partition coefficient (Wildman–Crippen LogP) is 5.72. The molecule has 2 aromatic rings. The van der Waals surface area contributed by atoms with E-state index in [4.69, 9.17) is 9.47 Å². The lowest BCUT2D eigenvalue weighted by Crippen LogP contribution is -2.10. The van der Waals surface area contributed by atoms with Crippen molar-refractivity contribution in [2.75, 3.05) is 0 Å². The fraction of sp³-hybridized carbons (Fsp3) is 0.435. The molecule has 1 saturated carbocycles. The van der Waals surface area contributed by atoms with Gasteiger partial charge in [0.15, 0.2) is 0 Å². The number of carbonyl (C=O) groups is 1. The molecule has 0 aromatic heterocycles. The number of rotatable bonds is 8. The third-order valence-corrected chi connectivity index (χ3v) is 5.06. The zero-order chi connectivity index (χ0) is 19.4. The number of halogens is 1. The van der Waals surface area contributed by atoms with Crippen LogP contribution in [0.2, 0.25) is 0 Å². The molecule has 3 rings (SSSR count). The highest BCUT2D eigenvalue weighted by Gasteiger charge is 2.28. The highest BCUT2D eigenvalue weighted by Crippen LogP contribution is 2.44. The average Bonchev–Trinajstić information content (AvgIpc) is 3.51. The van der Waals surface area contributed by atoms with Crippen LogP contribution in [-0.2, 0) is 24.2 Å². The van der Waals surface area contributed by atoms with Gasteiger partial charge in [-0.1, -0.05) is 32.9 Å². The molecular weight excluding hydrogens is 343 g/mol. The molecule has 0 amide bonds. The van der Waals surface area contributed by atoms with Gasteiger partial charge in [-0.15, -0.1) is 0 Å². The van der Waals surface area contributed by atoms with Crippen molar-refractivity contribution >= 4 is 5.97 Å². The van der Waals surface area contributed by atoms with Gasteiger partial charge in [-0.2, -0.15) is 0 Å². The molecule has 2 aromatic carbocycles. The van der Waals surface area contributed by atoms with Gasteiger partial charge in [0.2, 0.25) is 0 Å². The van der Waals surface area contributed by atoms with Crippen molar-refractivity contribution in [2.24, 2.45) is 0 Å². The first-order chi connectivity index (χ1) is 13.1. The highest BCUT2D eigenvalue weighted by molar-refractivity contribution is 5.72. The van der Waals surface area contributed by atoms with Crippen molar-refractivity contribution in [2.45, 2.75) is 65.4 Å². The van der Waals surface area contributed by atoms with Gasteiger partial charge >= 0.3 is 5.97 Å². The Morgan fingerprint density at radius 2 is 1.81 bits per heavy atom. The van der Waals surface area contributed by atoms with Crippen molar-refractivity contribution in [3.8, 4) is 11.5 Å². The van der Waals surface area contributed by atoms with Gasteiger partial charge in [-0.05, 0) is 60.4 Å². The van der Waals surface area contributed by atoms with Crippen molar-refractivity contribution in [1.82, 2.24) is 0 Å². The van der Waals surface area contributed by atoms with E-state index in [0.29, 0.717) is 35.8 Å². The molecule has 1 aliphatic rings. The van der Waals surface area contributed by atoms with Crippen LogP contribution in [0.25, 0.3) is 0 Å². The minimum atomic E-state index is -0.267. The summed E-state index contributed by atoms with van der Waals surface area (Å²) in [7, 11) is 0. The summed E-state index contributed by atoms with van der Waals surface area (Å²) in [6.07, 6.45) is 4.01. The normalized spacial score (nSPS) is 13.5. The number of aryl methyl sites for hydroxylation is 2. The van der Waals surface area contributed by atoms with Crippen LogP contribution in [0, 0.1) is 5.82 Å². The number of ether oxygens (including phenoxy) is 2. The number of hydrogen-bond acceptors (Lipinski definition) is 3. The van der Waals surface area contributed by atoms with E-state index in [1.54, 1.807) is 13.0 Å². The van der Waals surface area contributed by atoms with Crippen LogP contribution >= 0.6 is 0 Å². The molecule has 0 N–H and O–H groups in total. The molecule has 1 fully saturated rings. The molecule has 0 aliphatic heterocycles. The Bertz CT molecular complexity index is 825. The third kappa shape index (κ3) is 4.49. The molecule has 0 atom stereocenters. The van der Waals surface area contributed by atoms with Crippen molar-refractivity contribution in [3.05, 3.63) is 58.4 Å². The molecule has 0 bridgehead atoms. The molecule has 3 nitrogen and oxygen atoms in total. The van der Waals surface area contributed by atoms with Gasteiger partial charge in [0.25, 0.3) is 0 Å². The van der Waals surface area contributed by atoms with Gasteiger partial charge < -0.3 is 9.47 Å². The van der Waals surface area contributed by atoms with Crippen LogP contribution in [-0.4, -0.2) is 5.97 Å². The molecule has 27 heavy (non-hydrogen) atoms. The van der Waals surface area contributed by atoms with Crippen molar-refractivity contribution in [1.29, 1.82) is 0 Å². The van der Waals surface area contributed by atoms with E-state index in [1.165, 1.54) is 11.6 Å². The summed E-state index contributed by atoms with van der Waals surface area (Å²) >= 11 is 0. The molecule has 0 radical (unpaired) electrons. The Morgan fingerprint density at radius 3 is 2.44 bits per heavy atom. The molecule has 0 spiro atoms. The Morgan fingerprint density at radius 1 is 1.07 bits per heavy atom. The summed E-state index contributed by atoms with van der Waals surface area (Å²) in [6.45, 7) is 6.01. The zero-order valence-electron chi connectivity index (χ0n) is 16.3. The maximum Gasteiger partial charge on any atom is 0.310 e. The lowest BCUT2D eigenvalue weighted by molar-refractivity contribution is -0.134. The standard InChI is InChI=1S/C23H27FO3/c1-4-15-12-16(5-2)22(13-20(15)24)26-14-19-18(17-10-11-17)8-7-9-21(19)27-23(25)6-3/h7-9,12-13,17H,4-6,10-11,14H2,1-3H3. The second kappa shape index (κ2) is 8.55. The van der Waals surface area contributed by atoms with Crippen LogP contribution in [0.1, 0.15) is 68.2 Å². The van der Waals surface area contributed by atoms with Gasteiger partial charge in [0, 0.05) is 18.1 Å². The van der Waals surface area contributed by atoms with Gasteiger partial charge in [0.05, 0.1) is 0 Å². The summed E-state index contributed by atoms with van der Waals surface area (Å²) in [4.78, 5) is 11.8. The SMILES string of the molecule is CCC(=O)Oc1cccc(C2CC2)c1COc1cc(F)c(CC)cc1CC.